The molecule has 1 aliphatic rings. The van der Waals surface area contributed by atoms with Gasteiger partial charge in [-0.2, -0.15) is 0 Å². The Bertz CT molecular complexity index is 284. The number of hydrogen-bond acceptors (Lipinski definition) is 3. The molecule has 1 rings (SSSR count). The van der Waals surface area contributed by atoms with Crippen molar-refractivity contribution >= 4 is 8.32 Å². The van der Waals surface area contributed by atoms with Crippen molar-refractivity contribution in [3.63, 3.8) is 0 Å². The maximum Gasteiger partial charge on any atom is 0.184 e. The monoisotopic (exact) mass is 315 g/mol. The Balaban J connectivity index is 2.90. The molecule has 126 valence electrons. The second-order valence-corrected chi connectivity index (χ2v) is 12.9. The Morgan fingerprint density at radius 3 is 1.86 bits per heavy atom. The average molecular weight is 316 g/mol. The van der Waals surface area contributed by atoms with Crippen LogP contribution >= 0.6 is 0 Å². The predicted octanol–water partition coefficient (Wildman–Crippen LogP) is 4.00. The lowest BCUT2D eigenvalue weighted by Crippen LogP contribution is -2.54. The van der Waals surface area contributed by atoms with Gasteiger partial charge in [-0.25, -0.2) is 0 Å². The van der Waals surface area contributed by atoms with Crippen LogP contribution in [0.3, 0.4) is 0 Å². The standard InChI is InChI=1S/C17H37NO2Si/c1-15(2)12-17(13-16(3)4,20-21(5,6)7)14-18-8-10-19-11-9-18/h15-16H,8-14H2,1-7H3. The minimum atomic E-state index is -1.57. The zero-order valence-corrected chi connectivity index (χ0v) is 16.4. The van der Waals surface area contributed by atoms with Crippen molar-refractivity contribution in [2.45, 2.75) is 65.8 Å². The molecule has 0 N–H and O–H groups in total. The summed E-state index contributed by atoms with van der Waals surface area (Å²) in [7, 11) is -1.57. The van der Waals surface area contributed by atoms with E-state index in [0.29, 0.717) is 11.8 Å². The van der Waals surface area contributed by atoms with Crippen molar-refractivity contribution in [3.8, 4) is 0 Å². The lowest BCUT2D eigenvalue weighted by molar-refractivity contribution is -0.0416. The normalized spacial score (nSPS) is 18.7. The quantitative estimate of drug-likeness (QED) is 0.632. The molecule has 4 heteroatoms. The molecule has 0 unspecified atom stereocenters. The summed E-state index contributed by atoms with van der Waals surface area (Å²) >= 11 is 0. The number of rotatable bonds is 8. The highest BCUT2D eigenvalue weighted by Gasteiger charge is 2.38. The molecule has 0 aromatic carbocycles. The van der Waals surface area contributed by atoms with E-state index < -0.39 is 8.32 Å². The molecule has 0 spiro atoms. The van der Waals surface area contributed by atoms with Crippen molar-refractivity contribution in [2.75, 3.05) is 32.8 Å². The first kappa shape index (κ1) is 19.1. The summed E-state index contributed by atoms with van der Waals surface area (Å²) in [5, 5.41) is 0. The smallest absolute Gasteiger partial charge is 0.184 e. The van der Waals surface area contributed by atoms with Gasteiger partial charge >= 0.3 is 0 Å². The first-order valence-corrected chi connectivity index (χ1v) is 12.0. The van der Waals surface area contributed by atoms with Crippen LogP contribution in [0.4, 0.5) is 0 Å². The summed E-state index contributed by atoms with van der Waals surface area (Å²) in [6.45, 7) is 21.1. The van der Waals surface area contributed by atoms with Gasteiger partial charge in [0.05, 0.1) is 18.8 Å². The van der Waals surface area contributed by atoms with Crippen molar-refractivity contribution < 1.29 is 9.16 Å². The molecular weight excluding hydrogens is 278 g/mol. The SMILES string of the molecule is CC(C)CC(CC(C)C)(CN1CCOCC1)O[Si](C)(C)C. The lowest BCUT2D eigenvalue weighted by atomic mass is 9.84. The molecule has 0 aromatic heterocycles. The highest BCUT2D eigenvalue weighted by atomic mass is 28.4. The molecule has 1 heterocycles. The molecule has 0 atom stereocenters. The molecule has 1 saturated heterocycles. The molecule has 3 nitrogen and oxygen atoms in total. The minimum Gasteiger partial charge on any atom is -0.411 e. The maximum absolute atomic E-state index is 6.81. The third-order valence-corrected chi connectivity index (χ3v) is 4.74. The highest BCUT2D eigenvalue weighted by molar-refractivity contribution is 6.69. The van der Waals surface area contributed by atoms with Gasteiger partial charge in [-0.3, -0.25) is 4.90 Å². The number of ether oxygens (including phenoxy) is 1. The van der Waals surface area contributed by atoms with Crippen molar-refractivity contribution in [1.29, 1.82) is 0 Å². The molecule has 0 aliphatic carbocycles. The van der Waals surface area contributed by atoms with E-state index in [9.17, 15) is 0 Å². The fourth-order valence-corrected chi connectivity index (χ4v) is 5.16. The van der Waals surface area contributed by atoms with Crippen LogP contribution in [0, 0.1) is 11.8 Å². The van der Waals surface area contributed by atoms with Crippen LogP contribution in [-0.2, 0) is 9.16 Å². The molecule has 1 aliphatic heterocycles. The Morgan fingerprint density at radius 2 is 1.48 bits per heavy atom. The van der Waals surface area contributed by atoms with Crippen LogP contribution < -0.4 is 0 Å². The predicted molar refractivity (Wildman–Crippen MR) is 93.3 cm³/mol. The third kappa shape index (κ3) is 7.77. The molecule has 0 saturated carbocycles. The summed E-state index contributed by atoms with van der Waals surface area (Å²) in [4.78, 5) is 2.55. The van der Waals surface area contributed by atoms with Crippen molar-refractivity contribution in [3.05, 3.63) is 0 Å². The van der Waals surface area contributed by atoms with E-state index in [4.69, 9.17) is 9.16 Å². The largest absolute Gasteiger partial charge is 0.411 e. The van der Waals surface area contributed by atoms with Gasteiger partial charge in [0.2, 0.25) is 0 Å². The summed E-state index contributed by atoms with van der Waals surface area (Å²) in [6.07, 6.45) is 2.32. The van der Waals surface area contributed by atoms with Gasteiger partial charge in [0.1, 0.15) is 0 Å². The van der Waals surface area contributed by atoms with Crippen LogP contribution in [0.15, 0.2) is 0 Å². The molecule has 0 radical (unpaired) electrons. The highest BCUT2D eigenvalue weighted by Crippen LogP contribution is 2.33. The Kier molecular flexibility index (Phi) is 7.38. The Labute approximate surface area is 133 Å². The van der Waals surface area contributed by atoms with Crippen LogP contribution in [0.5, 0.6) is 0 Å². The molecular formula is C17H37NO2Si. The van der Waals surface area contributed by atoms with E-state index >= 15 is 0 Å². The van der Waals surface area contributed by atoms with Gasteiger partial charge < -0.3 is 9.16 Å². The lowest BCUT2D eigenvalue weighted by Gasteiger charge is -2.45. The van der Waals surface area contributed by atoms with Crippen LogP contribution in [-0.4, -0.2) is 51.7 Å². The fourth-order valence-electron chi connectivity index (χ4n) is 3.63. The summed E-state index contributed by atoms with van der Waals surface area (Å²) in [5.74, 6) is 1.34. The number of morpholine rings is 1. The Morgan fingerprint density at radius 1 is 1.00 bits per heavy atom. The van der Waals surface area contributed by atoms with Crippen molar-refractivity contribution in [2.24, 2.45) is 11.8 Å². The molecule has 0 amide bonds. The molecule has 0 bridgehead atoms. The minimum absolute atomic E-state index is 0.0180. The first-order valence-electron chi connectivity index (χ1n) is 8.62. The van der Waals surface area contributed by atoms with E-state index in [1.165, 1.54) is 0 Å². The summed E-state index contributed by atoms with van der Waals surface area (Å²) in [6, 6.07) is 0. The zero-order valence-electron chi connectivity index (χ0n) is 15.4. The molecule has 21 heavy (non-hydrogen) atoms. The molecule has 0 aromatic rings. The van der Waals surface area contributed by atoms with Gasteiger partial charge in [-0.05, 0) is 44.3 Å². The van der Waals surface area contributed by atoms with Crippen LogP contribution in [0.1, 0.15) is 40.5 Å². The van der Waals surface area contributed by atoms with Crippen LogP contribution in [0.25, 0.3) is 0 Å². The maximum atomic E-state index is 6.81. The van der Waals surface area contributed by atoms with Gasteiger partial charge in [0.15, 0.2) is 8.32 Å². The summed E-state index contributed by atoms with van der Waals surface area (Å²) in [5.41, 5.74) is 0.0180. The van der Waals surface area contributed by atoms with E-state index in [1.54, 1.807) is 0 Å². The van der Waals surface area contributed by atoms with E-state index in [2.05, 4.69) is 52.2 Å². The fraction of sp³-hybridized carbons (Fsp3) is 1.00. The third-order valence-electron chi connectivity index (χ3n) is 3.70. The Hall–Kier alpha value is 0.0969. The average Bonchev–Trinajstić information content (AvgIpc) is 2.24. The van der Waals surface area contributed by atoms with Crippen LogP contribution in [0.2, 0.25) is 19.6 Å². The second-order valence-electron chi connectivity index (χ2n) is 8.48. The van der Waals surface area contributed by atoms with E-state index in [0.717, 1.165) is 45.7 Å². The van der Waals surface area contributed by atoms with Gasteiger partial charge in [-0.15, -0.1) is 0 Å². The second kappa shape index (κ2) is 8.09. The number of hydrogen-bond donors (Lipinski definition) is 0. The zero-order chi connectivity index (χ0) is 16.1. The van der Waals surface area contributed by atoms with E-state index in [1.807, 2.05) is 0 Å². The molecule has 1 fully saturated rings. The summed E-state index contributed by atoms with van der Waals surface area (Å²) < 4.78 is 12.3. The first-order chi connectivity index (χ1) is 9.62. The van der Waals surface area contributed by atoms with Crippen molar-refractivity contribution in [1.82, 2.24) is 4.90 Å². The van der Waals surface area contributed by atoms with Gasteiger partial charge in [0, 0.05) is 19.6 Å². The van der Waals surface area contributed by atoms with Gasteiger partial charge in [-0.1, -0.05) is 27.7 Å². The topological polar surface area (TPSA) is 21.7 Å². The number of nitrogens with zero attached hydrogens (tertiary/aromatic N) is 1. The van der Waals surface area contributed by atoms with Gasteiger partial charge in [0.25, 0.3) is 0 Å². The van der Waals surface area contributed by atoms with E-state index in [-0.39, 0.29) is 5.60 Å².